The van der Waals surface area contributed by atoms with Crippen LogP contribution in [0.1, 0.15) is 23.6 Å². The summed E-state index contributed by atoms with van der Waals surface area (Å²) in [4.78, 5) is 16.4. The van der Waals surface area contributed by atoms with Crippen LogP contribution < -0.4 is 9.47 Å². The fourth-order valence-corrected chi connectivity index (χ4v) is 3.66. The summed E-state index contributed by atoms with van der Waals surface area (Å²) in [5.74, 6) is -0.549. The predicted molar refractivity (Wildman–Crippen MR) is 125 cm³/mol. The lowest BCUT2D eigenvalue weighted by Gasteiger charge is -2.14. The number of carbonyl (C=O) groups is 1. The van der Waals surface area contributed by atoms with Crippen molar-refractivity contribution in [2.24, 2.45) is 4.99 Å². The molecule has 0 bridgehead atoms. The van der Waals surface area contributed by atoms with Crippen molar-refractivity contribution < 1.29 is 23.4 Å². The molecule has 0 atom stereocenters. The molecule has 3 aromatic rings. The molecule has 0 aliphatic carbocycles. The molecule has 1 aliphatic rings. The van der Waals surface area contributed by atoms with Gasteiger partial charge in [-0.05, 0) is 60.5 Å². The Hall–Kier alpha value is -3.35. The van der Waals surface area contributed by atoms with Crippen molar-refractivity contribution in [3.63, 3.8) is 0 Å². The second-order valence-corrected chi connectivity index (χ2v) is 7.84. The van der Waals surface area contributed by atoms with E-state index in [0.717, 1.165) is 5.56 Å². The highest BCUT2D eigenvalue weighted by Crippen LogP contribution is 2.38. The van der Waals surface area contributed by atoms with Crippen molar-refractivity contribution in [3.05, 3.63) is 98.9 Å². The van der Waals surface area contributed by atoms with Gasteiger partial charge in [0.2, 0.25) is 5.90 Å². The molecule has 0 radical (unpaired) electrons. The Morgan fingerprint density at radius 2 is 1.88 bits per heavy atom. The SMILES string of the molecule is CCOc1cc(/C=C2\N=C(c3ccccc3F)OC2=O)cc(Cl)c1OCc1cccc(Cl)c1. The summed E-state index contributed by atoms with van der Waals surface area (Å²) in [5.41, 5.74) is 1.53. The van der Waals surface area contributed by atoms with Crippen LogP contribution in [0.15, 0.2) is 71.4 Å². The summed E-state index contributed by atoms with van der Waals surface area (Å²) in [6.07, 6.45) is 1.49. The molecule has 0 saturated heterocycles. The van der Waals surface area contributed by atoms with Gasteiger partial charge < -0.3 is 14.2 Å². The minimum Gasteiger partial charge on any atom is -0.490 e. The number of halogens is 3. The Kier molecular flexibility index (Phi) is 6.96. The van der Waals surface area contributed by atoms with Crippen LogP contribution in [0, 0.1) is 5.82 Å². The molecule has 0 N–H and O–H groups in total. The standard InChI is InChI=1S/C25H18Cl2FNO4/c1-2-31-22-13-16(11-19(27)23(22)32-14-15-6-5-7-17(26)10-15)12-21-25(30)33-24(29-21)18-8-3-4-9-20(18)28/h3-13H,2,14H2,1H3/b21-12-. The van der Waals surface area contributed by atoms with Gasteiger partial charge in [-0.15, -0.1) is 0 Å². The Balaban J connectivity index is 1.62. The number of rotatable bonds is 7. The number of carbonyl (C=O) groups excluding carboxylic acids is 1. The minimum absolute atomic E-state index is 0.0133. The van der Waals surface area contributed by atoms with Crippen LogP contribution in [0.2, 0.25) is 10.0 Å². The van der Waals surface area contributed by atoms with E-state index in [4.69, 9.17) is 37.4 Å². The molecular weight excluding hydrogens is 468 g/mol. The van der Waals surface area contributed by atoms with E-state index in [-0.39, 0.29) is 23.8 Å². The van der Waals surface area contributed by atoms with Crippen LogP contribution in [0.5, 0.6) is 11.5 Å². The summed E-state index contributed by atoms with van der Waals surface area (Å²) in [7, 11) is 0. The molecule has 168 valence electrons. The largest absolute Gasteiger partial charge is 0.490 e. The Morgan fingerprint density at radius 3 is 2.64 bits per heavy atom. The van der Waals surface area contributed by atoms with Crippen molar-refractivity contribution in [2.75, 3.05) is 6.61 Å². The zero-order valence-corrected chi connectivity index (χ0v) is 19.0. The summed E-state index contributed by atoms with van der Waals surface area (Å²) in [6.45, 7) is 2.45. The molecule has 0 saturated carbocycles. The summed E-state index contributed by atoms with van der Waals surface area (Å²) in [5, 5.41) is 0.896. The van der Waals surface area contributed by atoms with Gasteiger partial charge in [-0.1, -0.05) is 47.5 Å². The molecule has 4 rings (SSSR count). The fourth-order valence-electron chi connectivity index (χ4n) is 3.17. The third kappa shape index (κ3) is 5.35. The van der Waals surface area contributed by atoms with Crippen molar-refractivity contribution in [1.29, 1.82) is 0 Å². The third-order valence-corrected chi connectivity index (χ3v) is 5.15. The maximum atomic E-state index is 14.0. The van der Waals surface area contributed by atoms with Gasteiger partial charge in [-0.2, -0.15) is 0 Å². The molecule has 33 heavy (non-hydrogen) atoms. The average Bonchev–Trinajstić information content (AvgIpc) is 3.13. The van der Waals surface area contributed by atoms with Crippen LogP contribution in [0.25, 0.3) is 6.08 Å². The minimum atomic E-state index is -0.691. The van der Waals surface area contributed by atoms with E-state index in [1.54, 1.807) is 36.4 Å². The first-order chi connectivity index (χ1) is 15.9. The van der Waals surface area contributed by atoms with Gasteiger partial charge in [-0.25, -0.2) is 14.2 Å². The number of cyclic esters (lactones) is 1. The van der Waals surface area contributed by atoms with Crippen LogP contribution in [-0.4, -0.2) is 18.5 Å². The highest BCUT2D eigenvalue weighted by atomic mass is 35.5. The third-order valence-electron chi connectivity index (χ3n) is 4.63. The van der Waals surface area contributed by atoms with Crippen molar-refractivity contribution in [1.82, 2.24) is 0 Å². The van der Waals surface area contributed by atoms with Crippen LogP contribution in [0.4, 0.5) is 4.39 Å². The zero-order chi connectivity index (χ0) is 23.4. The second kappa shape index (κ2) is 10.1. The highest BCUT2D eigenvalue weighted by molar-refractivity contribution is 6.32. The Labute approximate surface area is 200 Å². The van der Waals surface area contributed by atoms with Crippen LogP contribution >= 0.6 is 23.2 Å². The molecule has 8 heteroatoms. The van der Waals surface area contributed by atoms with Gasteiger partial charge in [0.25, 0.3) is 0 Å². The number of esters is 1. The molecule has 1 aliphatic heterocycles. The topological polar surface area (TPSA) is 57.1 Å². The summed E-state index contributed by atoms with van der Waals surface area (Å²) in [6, 6.07) is 16.5. The van der Waals surface area contributed by atoms with E-state index in [2.05, 4.69) is 4.99 Å². The summed E-state index contributed by atoms with van der Waals surface area (Å²) >= 11 is 12.5. The number of hydrogen-bond donors (Lipinski definition) is 0. The first kappa shape index (κ1) is 22.8. The van der Waals surface area contributed by atoms with Crippen LogP contribution in [0.3, 0.4) is 0 Å². The lowest BCUT2D eigenvalue weighted by molar-refractivity contribution is -0.129. The summed E-state index contributed by atoms with van der Waals surface area (Å²) < 4.78 is 30.8. The van der Waals surface area contributed by atoms with Gasteiger partial charge >= 0.3 is 5.97 Å². The first-order valence-corrected chi connectivity index (χ1v) is 10.8. The van der Waals surface area contributed by atoms with E-state index in [1.165, 1.54) is 18.2 Å². The maximum absolute atomic E-state index is 14.0. The Morgan fingerprint density at radius 1 is 1.06 bits per heavy atom. The number of aliphatic imine (C=N–C) groups is 1. The fraction of sp³-hybridized carbons (Fsp3) is 0.120. The molecule has 0 aromatic heterocycles. The van der Waals surface area contributed by atoms with Gasteiger partial charge in [0, 0.05) is 5.02 Å². The molecule has 1 heterocycles. The van der Waals surface area contributed by atoms with E-state index in [9.17, 15) is 9.18 Å². The number of ether oxygens (including phenoxy) is 3. The monoisotopic (exact) mass is 485 g/mol. The second-order valence-electron chi connectivity index (χ2n) is 7.00. The van der Waals surface area contributed by atoms with Crippen molar-refractivity contribution in [3.8, 4) is 11.5 Å². The zero-order valence-electron chi connectivity index (χ0n) is 17.5. The molecule has 3 aromatic carbocycles. The Bertz CT molecular complexity index is 1270. The van der Waals surface area contributed by atoms with Crippen LogP contribution in [-0.2, 0) is 16.1 Å². The number of benzene rings is 3. The van der Waals surface area contributed by atoms with Gasteiger partial charge in [0.05, 0.1) is 17.2 Å². The lowest BCUT2D eigenvalue weighted by atomic mass is 10.1. The number of nitrogens with zero attached hydrogens (tertiary/aromatic N) is 1. The lowest BCUT2D eigenvalue weighted by Crippen LogP contribution is -2.07. The van der Waals surface area contributed by atoms with E-state index in [0.29, 0.717) is 33.7 Å². The first-order valence-electron chi connectivity index (χ1n) is 10.1. The number of hydrogen-bond acceptors (Lipinski definition) is 5. The molecule has 0 unspecified atom stereocenters. The van der Waals surface area contributed by atoms with Gasteiger partial charge in [-0.3, -0.25) is 0 Å². The smallest absolute Gasteiger partial charge is 0.363 e. The van der Waals surface area contributed by atoms with Crippen molar-refractivity contribution in [2.45, 2.75) is 13.5 Å². The predicted octanol–water partition coefficient (Wildman–Crippen LogP) is 6.45. The normalized spacial score (nSPS) is 14.2. The van der Waals surface area contributed by atoms with E-state index in [1.807, 2.05) is 19.1 Å². The molecular formula is C25H18Cl2FNO4. The van der Waals surface area contributed by atoms with E-state index >= 15 is 0 Å². The molecule has 0 spiro atoms. The average molecular weight is 486 g/mol. The van der Waals surface area contributed by atoms with Gasteiger partial charge in [0.1, 0.15) is 12.4 Å². The molecule has 0 amide bonds. The molecule has 0 fully saturated rings. The maximum Gasteiger partial charge on any atom is 0.363 e. The highest BCUT2D eigenvalue weighted by Gasteiger charge is 2.26. The molecule has 5 nitrogen and oxygen atoms in total. The quantitative estimate of drug-likeness (QED) is 0.284. The van der Waals surface area contributed by atoms with Crippen molar-refractivity contribution >= 4 is 41.1 Å². The van der Waals surface area contributed by atoms with E-state index < -0.39 is 11.8 Å². The van der Waals surface area contributed by atoms with Gasteiger partial charge in [0.15, 0.2) is 17.2 Å².